The molecule has 1 aromatic carbocycles. The summed E-state index contributed by atoms with van der Waals surface area (Å²) in [5.74, 6) is 0. The van der Waals surface area contributed by atoms with Crippen LogP contribution in [-0.2, 0) is 6.42 Å². The van der Waals surface area contributed by atoms with Crippen molar-refractivity contribution in [2.24, 2.45) is 0 Å². The SMILES string of the molecule is C=CCC(C)NCCc1ccc([N+](=O)[O-])cc1. The third-order valence-corrected chi connectivity index (χ3v) is 2.57. The quantitative estimate of drug-likeness (QED) is 0.448. The first-order valence-electron chi connectivity index (χ1n) is 5.71. The fourth-order valence-corrected chi connectivity index (χ4v) is 1.58. The summed E-state index contributed by atoms with van der Waals surface area (Å²) >= 11 is 0. The fourth-order valence-electron chi connectivity index (χ4n) is 1.58. The van der Waals surface area contributed by atoms with E-state index in [1.165, 1.54) is 0 Å². The summed E-state index contributed by atoms with van der Waals surface area (Å²) in [4.78, 5) is 10.1. The van der Waals surface area contributed by atoms with Gasteiger partial charge in [-0.15, -0.1) is 6.58 Å². The molecule has 92 valence electrons. The fraction of sp³-hybridized carbons (Fsp3) is 0.385. The molecular formula is C13H18N2O2. The van der Waals surface area contributed by atoms with Gasteiger partial charge in [0.2, 0.25) is 0 Å². The van der Waals surface area contributed by atoms with Crippen molar-refractivity contribution in [1.82, 2.24) is 5.32 Å². The largest absolute Gasteiger partial charge is 0.314 e. The van der Waals surface area contributed by atoms with Gasteiger partial charge < -0.3 is 5.32 Å². The molecule has 0 aliphatic carbocycles. The van der Waals surface area contributed by atoms with Gasteiger partial charge in [0.05, 0.1) is 4.92 Å². The van der Waals surface area contributed by atoms with E-state index in [-0.39, 0.29) is 10.6 Å². The highest BCUT2D eigenvalue weighted by atomic mass is 16.6. The number of nitrogens with one attached hydrogen (secondary N) is 1. The van der Waals surface area contributed by atoms with Crippen molar-refractivity contribution >= 4 is 5.69 Å². The second-order valence-corrected chi connectivity index (χ2v) is 4.05. The standard InChI is InChI=1S/C13H18N2O2/c1-3-4-11(2)14-10-9-12-5-7-13(8-6-12)15(16)17/h3,5-8,11,14H,1,4,9-10H2,2H3. The molecule has 0 amide bonds. The van der Waals surface area contributed by atoms with Gasteiger partial charge in [-0.1, -0.05) is 18.2 Å². The average molecular weight is 234 g/mol. The molecule has 1 rings (SSSR count). The smallest absolute Gasteiger partial charge is 0.269 e. The van der Waals surface area contributed by atoms with E-state index >= 15 is 0 Å². The van der Waals surface area contributed by atoms with Gasteiger partial charge in [-0.25, -0.2) is 0 Å². The Kier molecular flexibility index (Phi) is 5.36. The van der Waals surface area contributed by atoms with Gasteiger partial charge in [-0.05, 0) is 31.9 Å². The van der Waals surface area contributed by atoms with E-state index in [1.54, 1.807) is 24.3 Å². The Labute approximate surface area is 101 Å². The van der Waals surface area contributed by atoms with E-state index in [0.717, 1.165) is 24.9 Å². The molecule has 1 unspecified atom stereocenters. The van der Waals surface area contributed by atoms with Crippen LogP contribution in [0.3, 0.4) is 0 Å². The van der Waals surface area contributed by atoms with Gasteiger partial charge in [0.25, 0.3) is 5.69 Å². The molecule has 1 atom stereocenters. The van der Waals surface area contributed by atoms with Crippen LogP contribution in [0.4, 0.5) is 5.69 Å². The zero-order valence-electron chi connectivity index (χ0n) is 10.1. The molecule has 1 aromatic rings. The van der Waals surface area contributed by atoms with Crippen molar-refractivity contribution in [2.45, 2.75) is 25.8 Å². The average Bonchev–Trinajstić information content (AvgIpc) is 2.30. The summed E-state index contributed by atoms with van der Waals surface area (Å²) in [5, 5.41) is 13.8. The zero-order valence-corrected chi connectivity index (χ0v) is 10.1. The maximum absolute atomic E-state index is 10.5. The summed E-state index contributed by atoms with van der Waals surface area (Å²) in [5.41, 5.74) is 1.25. The lowest BCUT2D eigenvalue weighted by Crippen LogP contribution is -2.27. The first-order chi connectivity index (χ1) is 8.13. The molecule has 0 aliphatic rings. The lowest BCUT2D eigenvalue weighted by Gasteiger charge is -2.11. The van der Waals surface area contributed by atoms with Crippen LogP contribution in [-0.4, -0.2) is 17.5 Å². The number of rotatable bonds is 7. The van der Waals surface area contributed by atoms with Crippen LogP contribution >= 0.6 is 0 Å². The van der Waals surface area contributed by atoms with Crippen molar-refractivity contribution in [3.05, 3.63) is 52.6 Å². The number of benzene rings is 1. The second-order valence-electron chi connectivity index (χ2n) is 4.05. The van der Waals surface area contributed by atoms with Crippen LogP contribution in [0.2, 0.25) is 0 Å². The highest BCUT2D eigenvalue weighted by Crippen LogP contribution is 2.11. The van der Waals surface area contributed by atoms with E-state index in [9.17, 15) is 10.1 Å². The van der Waals surface area contributed by atoms with E-state index in [1.807, 2.05) is 6.08 Å². The Hall–Kier alpha value is -1.68. The normalized spacial score (nSPS) is 12.1. The minimum absolute atomic E-state index is 0.140. The molecule has 0 fully saturated rings. The van der Waals surface area contributed by atoms with Gasteiger partial charge in [-0.2, -0.15) is 0 Å². The van der Waals surface area contributed by atoms with Crippen LogP contribution < -0.4 is 5.32 Å². The summed E-state index contributed by atoms with van der Waals surface area (Å²) in [6, 6.07) is 7.12. The highest BCUT2D eigenvalue weighted by Gasteiger charge is 2.04. The van der Waals surface area contributed by atoms with Crippen molar-refractivity contribution in [3.8, 4) is 0 Å². The molecule has 0 aromatic heterocycles. The lowest BCUT2D eigenvalue weighted by molar-refractivity contribution is -0.384. The van der Waals surface area contributed by atoms with Gasteiger partial charge in [0.15, 0.2) is 0 Å². The molecule has 0 aliphatic heterocycles. The first kappa shape index (κ1) is 13.4. The summed E-state index contributed by atoms with van der Waals surface area (Å²) < 4.78 is 0. The molecule has 17 heavy (non-hydrogen) atoms. The Bertz CT molecular complexity index is 374. The van der Waals surface area contributed by atoms with Crippen LogP contribution in [0.15, 0.2) is 36.9 Å². The van der Waals surface area contributed by atoms with Crippen LogP contribution in [0, 0.1) is 10.1 Å². The molecular weight excluding hydrogens is 216 g/mol. The number of nitro groups is 1. The maximum atomic E-state index is 10.5. The van der Waals surface area contributed by atoms with Crippen molar-refractivity contribution in [3.63, 3.8) is 0 Å². The Balaban J connectivity index is 2.37. The lowest BCUT2D eigenvalue weighted by atomic mass is 10.1. The molecule has 0 spiro atoms. The Morgan fingerprint density at radius 2 is 2.12 bits per heavy atom. The van der Waals surface area contributed by atoms with Crippen molar-refractivity contribution < 1.29 is 4.92 Å². The second kappa shape index (κ2) is 6.81. The topological polar surface area (TPSA) is 55.2 Å². The van der Waals surface area contributed by atoms with Gasteiger partial charge in [-0.3, -0.25) is 10.1 Å². The number of non-ortho nitro benzene ring substituents is 1. The van der Waals surface area contributed by atoms with E-state index < -0.39 is 0 Å². The third-order valence-electron chi connectivity index (χ3n) is 2.57. The number of nitrogens with zero attached hydrogens (tertiary/aromatic N) is 1. The van der Waals surface area contributed by atoms with E-state index in [2.05, 4.69) is 18.8 Å². The third kappa shape index (κ3) is 4.78. The highest BCUT2D eigenvalue weighted by molar-refractivity contribution is 5.32. The Morgan fingerprint density at radius 1 is 1.47 bits per heavy atom. The molecule has 0 saturated heterocycles. The van der Waals surface area contributed by atoms with E-state index in [4.69, 9.17) is 0 Å². The predicted molar refractivity (Wildman–Crippen MR) is 69.1 cm³/mol. The Morgan fingerprint density at radius 3 is 2.65 bits per heavy atom. The maximum Gasteiger partial charge on any atom is 0.269 e. The summed E-state index contributed by atoms with van der Waals surface area (Å²) in [6.07, 6.45) is 3.71. The van der Waals surface area contributed by atoms with Crippen LogP contribution in [0.5, 0.6) is 0 Å². The van der Waals surface area contributed by atoms with Crippen molar-refractivity contribution in [1.29, 1.82) is 0 Å². The summed E-state index contributed by atoms with van der Waals surface area (Å²) in [6.45, 7) is 6.67. The van der Waals surface area contributed by atoms with Crippen LogP contribution in [0.1, 0.15) is 18.9 Å². The molecule has 0 bridgehead atoms. The monoisotopic (exact) mass is 234 g/mol. The van der Waals surface area contributed by atoms with Gasteiger partial charge in [0.1, 0.15) is 0 Å². The van der Waals surface area contributed by atoms with Gasteiger partial charge >= 0.3 is 0 Å². The minimum atomic E-state index is -0.381. The number of hydrogen-bond donors (Lipinski definition) is 1. The molecule has 0 radical (unpaired) electrons. The number of nitro benzene ring substituents is 1. The zero-order chi connectivity index (χ0) is 12.7. The van der Waals surface area contributed by atoms with E-state index in [0.29, 0.717) is 6.04 Å². The summed E-state index contributed by atoms with van der Waals surface area (Å²) in [7, 11) is 0. The van der Waals surface area contributed by atoms with Crippen molar-refractivity contribution in [2.75, 3.05) is 6.54 Å². The molecule has 0 saturated carbocycles. The molecule has 0 heterocycles. The van der Waals surface area contributed by atoms with Gasteiger partial charge in [0, 0.05) is 18.2 Å². The molecule has 4 nitrogen and oxygen atoms in total. The number of hydrogen-bond acceptors (Lipinski definition) is 3. The predicted octanol–water partition coefficient (Wildman–Crippen LogP) is 2.69. The van der Waals surface area contributed by atoms with Crippen LogP contribution in [0.25, 0.3) is 0 Å². The molecule has 4 heteroatoms. The molecule has 1 N–H and O–H groups in total. The first-order valence-corrected chi connectivity index (χ1v) is 5.71. The minimum Gasteiger partial charge on any atom is -0.314 e.